The Kier molecular flexibility index (Phi) is 2.44. The van der Waals surface area contributed by atoms with Crippen LogP contribution in [0.2, 0.25) is 0 Å². The minimum Gasteiger partial charge on any atom is -0.495 e. The zero-order valence-electron chi connectivity index (χ0n) is 8.28. The predicted molar refractivity (Wildman–Crippen MR) is 61.0 cm³/mol. The van der Waals surface area contributed by atoms with Gasteiger partial charge in [0.1, 0.15) is 5.75 Å². The van der Waals surface area contributed by atoms with E-state index in [2.05, 4.69) is 12.1 Å². The summed E-state index contributed by atoms with van der Waals surface area (Å²) in [5, 5.41) is 1.16. The molecule has 0 saturated heterocycles. The monoisotopic (exact) mass is 207 g/mol. The maximum atomic E-state index is 5.88. The van der Waals surface area contributed by atoms with Gasteiger partial charge in [0, 0.05) is 16.1 Å². The summed E-state index contributed by atoms with van der Waals surface area (Å²) in [6, 6.07) is 8.24. The van der Waals surface area contributed by atoms with Crippen LogP contribution in [-0.4, -0.2) is 7.11 Å². The summed E-state index contributed by atoms with van der Waals surface area (Å²) in [7, 11) is 1.69. The second kappa shape index (κ2) is 3.59. The van der Waals surface area contributed by atoms with Crippen LogP contribution < -0.4 is 10.5 Å². The van der Waals surface area contributed by atoms with Gasteiger partial charge in [0.25, 0.3) is 0 Å². The quantitative estimate of drug-likeness (QED) is 0.821. The Morgan fingerprint density at radius 1 is 1.36 bits per heavy atom. The van der Waals surface area contributed by atoms with Crippen molar-refractivity contribution < 1.29 is 4.74 Å². The number of ether oxygens (including phenoxy) is 1. The highest BCUT2D eigenvalue weighted by Gasteiger charge is 2.14. The van der Waals surface area contributed by atoms with E-state index in [4.69, 9.17) is 10.5 Å². The number of nitrogens with two attached hydrogens (primary N) is 1. The van der Waals surface area contributed by atoms with Gasteiger partial charge in [-0.2, -0.15) is 0 Å². The van der Waals surface area contributed by atoms with Gasteiger partial charge in [-0.15, -0.1) is 11.3 Å². The molecule has 1 unspecified atom stereocenters. The highest BCUT2D eigenvalue weighted by molar-refractivity contribution is 7.19. The molecule has 1 aromatic carbocycles. The third-order valence-electron chi connectivity index (χ3n) is 2.19. The molecule has 1 atom stereocenters. The standard InChI is InChI=1S/C11H13NOS/c1-7(12)11-10(13-2)8-5-3-4-6-9(8)14-11/h3-7H,12H2,1-2H3. The molecule has 3 heteroatoms. The van der Waals surface area contributed by atoms with Crippen LogP contribution in [0.15, 0.2) is 24.3 Å². The fourth-order valence-electron chi connectivity index (χ4n) is 1.55. The molecule has 2 aromatic rings. The normalized spacial score (nSPS) is 13.1. The average molecular weight is 207 g/mol. The number of hydrogen-bond donors (Lipinski definition) is 1. The Morgan fingerprint density at radius 2 is 2.07 bits per heavy atom. The van der Waals surface area contributed by atoms with Crippen LogP contribution >= 0.6 is 11.3 Å². The minimum atomic E-state index is 0.0300. The molecule has 1 heterocycles. The summed E-state index contributed by atoms with van der Waals surface area (Å²) in [5.41, 5.74) is 5.88. The van der Waals surface area contributed by atoms with E-state index in [0.717, 1.165) is 16.0 Å². The van der Waals surface area contributed by atoms with Crippen LogP contribution in [0.25, 0.3) is 10.1 Å². The van der Waals surface area contributed by atoms with Crippen molar-refractivity contribution in [2.45, 2.75) is 13.0 Å². The molecular weight excluding hydrogens is 194 g/mol. The van der Waals surface area contributed by atoms with E-state index in [1.807, 2.05) is 19.1 Å². The van der Waals surface area contributed by atoms with Gasteiger partial charge >= 0.3 is 0 Å². The Balaban J connectivity index is 2.72. The Labute approximate surface area is 87.3 Å². The smallest absolute Gasteiger partial charge is 0.142 e. The first-order valence-electron chi connectivity index (χ1n) is 4.55. The number of hydrogen-bond acceptors (Lipinski definition) is 3. The summed E-state index contributed by atoms with van der Waals surface area (Å²) in [6.45, 7) is 1.98. The molecule has 0 fully saturated rings. The average Bonchev–Trinajstić information content (AvgIpc) is 2.56. The van der Waals surface area contributed by atoms with Gasteiger partial charge in [-0.1, -0.05) is 12.1 Å². The summed E-state index contributed by atoms with van der Waals surface area (Å²) in [5.74, 6) is 0.931. The molecule has 1 aromatic heterocycles. The van der Waals surface area contributed by atoms with Crippen LogP contribution in [-0.2, 0) is 0 Å². The Hall–Kier alpha value is -1.06. The van der Waals surface area contributed by atoms with Crippen molar-refractivity contribution in [3.8, 4) is 5.75 Å². The fourth-order valence-corrected chi connectivity index (χ4v) is 2.68. The third kappa shape index (κ3) is 1.38. The lowest BCUT2D eigenvalue weighted by atomic mass is 10.2. The lowest BCUT2D eigenvalue weighted by molar-refractivity contribution is 0.414. The van der Waals surface area contributed by atoms with Crippen molar-refractivity contribution in [2.24, 2.45) is 5.73 Å². The van der Waals surface area contributed by atoms with Gasteiger partial charge in [-0.3, -0.25) is 0 Å². The molecule has 74 valence electrons. The van der Waals surface area contributed by atoms with Crippen molar-refractivity contribution in [1.82, 2.24) is 0 Å². The first kappa shape index (κ1) is 9.49. The van der Waals surface area contributed by atoms with Crippen molar-refractivity contribution in [3.63, 3.8) is 0 Å². The second-order valence-electron chi connectivity index (χ2n) is 3.28. The van der Waals surface area contributed by atoms with Crippen molar-refractivity contribution in [3.05, 3.63) is 29.1 Å². The highest BCUT2D eigenvalue weighted by Crippen LogP contribution is 2.40. The molecule has 0 aliphatic carbocycles. The Morgan fingerprint density at radius 3 is 2.71 bits per heavy atom. The van der Waals surface area contributed by atoms with Crippen molar-refractivity contribution >= 4 is 21.4 Å². The molecule has 0 amide bonds. The first-order chi connectivity index (χ1) is 6.74. The van der Waals surface area contributed by atoms with Gasteiger partial charge in [0.15, 0.2) is 0 Å². The van der Waals surface area contributed by atoms with Gasteiger partial charge in [-0.25, -0.2) is 0 Å². The molecule has 0 radical (unpaired) electrons. The molecule has 2 rings (SSSR count). The molecule has 2 nitrogen and oxygen atoms in total. The van der Waals surface area contributed by atoms with E-state index in [1.54, 1.807) is 18.4 Å². The van der Waals surface area contributed by atoms with Gasteiger partial charge < -0.3 is 10.5 Å². The van der Waals surface area contributed by atoms with Crippen molar-refractivity contribution in [2.75, 3.05) is 7.11 Å². The molecule has 0 aliphatic rings. The summed E-state index contributed by atoms with van der Waals surface area (Å²) in [4.78, 5) is 1.12. The van der Waals surface area contributed by atoms with Gasteiger partial charge in [0.2, 0.25) is 0 Å². The van der Waals surface area contributed by atoms with Gasteiger partial charge in [0.05, 0.1) is 12.0 Å². The molecule has 0 bridgehead atoms. The molecule has 2 N–H and O–H groups in total. The number of methoxy groups -OCH3 is 1. The van der Waals surface area contributed by atoms with Crippen molar-refractivity contribution in [1.29, 1.82) is 0 Å². The van der Waals surface area contributed by atoms with Gasteiger partial charge in [-0.05, 0) is 19.1 Å². The van der Waals surface area contributed by atoms with E-state index in [0.29, 0.717) is 0 Å². The van der Waals surface area contributed by atoms with Crippen LogP contribution in [0.4, 0.5) is 0 Å². The zero-order valence-corrected chi connectivity index (χ0v) is 9.10. The lowest BCUT2D eigenvalue weighted by Crippen LogP contribution is -2.03. The number of thiophene rings is 1. The summed E-state index contributed by atoms with van der Waals surface area (Å²) in [6.07, 6.45) is 0. The highest BCUT2D eigenvalue weighted by atomic mass is 32.1. The third-order valence-corrected chi connectivity index (χ3v) is 3.55. The number of rotatable bonds is 2. The van der Waals surface area contributed by atoms with Crippen LogP contribution in [0, 0.1) is 0 Å². The van der Waals surface area contributed by atoms with E-state index < -0.39 is 0 Å². The lowest BCUT2D eigenvalue weighted by Gasteiger charge is -2.05. The fraction of sp³-hybridized carbons (Fsp3) is 0.273. The zero-order chi connectivity index (χ0) is 10.1. The second-order valence-corrected chi connectivity index (χ2v) is 4.37. The van der Waals surface area contributed by atoms with Crippen LogP contribution in [0.1, 0.15) is 17.8 Å². The van der Waals surface area contributed by atoms with Crippen LogP contribution in [0.3, 0.4) is 0 Å². The molecule has 0 saturated carbocycles. The van der Waals surface area contributed by atoms with E-state index in [1.165, 1.54) is 4.70 Å². The maximum Gasteiger partial charge on any atom is 0.142 e. The SMILES string of the molecule is COc1c(C(C)N)sc2ccccc12. The predicted octanol–water partition coefficient (Wildman–Crippen LogP) is 2.93. The largest absolute Gasteiger partial charge is 0.495 e. The summed E-state index contributed by atoms with van der Waals surface area (Å²) < 4.78 is 6.62. The number of fused-ring (bicyclic) bond motifs is 1. The minimum absolute atomic E-state index is 0.0300. The first-order valence-corrected chi connectivity index (χ1v) is 5.36. The van der Waals surface area contributed by atoms with Crippen LogP contribution in [0.5, 0.6) is 5.75 Å². The van der Waals surface area contributed by atoms with E-state index in [-0.39, 0.29) is 6.04 Å². The maximum absolute atomic E-state index is 5.88. The molecular formula is C11H13NOS. The Bertz CT molecular complexity index is 447. The van der Waals surface area contributed by atoms with E-state index >= 15 is 0 Å². The molecule has 14 heavy (non-hydrogen) atoms. The summed E-state index contributed by atoms with van der Waals surface area (Å²) >= 11 is 1.71. The number of benzene rings is 1. The molecule has 0 spiro atoms. The van der Waals surface area contributed by atoms with E-state index in [9.17, 15) is 0 Å². The topological polar surface area (TPSA) is 35.2 Å². The molecule has 0 aliphatic heterocycles.